The number of hydrogen-bond acceptors (Lipinski definition) is 2. The molecule has 0 aromatic heterocycles. The smallest absolute Gasteiger partial charge is 0.0139 e. The Morgan fingerprint density at radius 2 is 2.00 bits per heavy atom. The van der Waals surface area contributed by atoms with Crippen LogP contribution >= 0.6 is 0 Å². The summed E-state index contributed by atoms with van der Waals surface area (Å²) in [6.07, 6.45) is 1.39. The van der Waals surface area contributed by atoms with Gasteiger partial charge in [0.15, 0.2) is 0 Å². The molecule has 0 spiro atoms. The van der Waals surface area contributed by atoms with Crippen molar-refractivity contribution in [3.63, 3.8) is 0 Å². The molecule has 13 heavy (non-hydrogen) atoms. The van der Waals surface area contributed by atoms with E-state index in [4.69, 9.17) is 5.73 Å². The molecule has 0 amide bonds. The largest absolute Gasteiger partial charge is 0.330 e. The van der Waals surface area contributed by atoms with Crippen LogP contribution in [0.15, 0.2) is 0 Å². The second-order valence-corrected chi connectivity index (χ2v) is 5.69. The molecule has 0 radical (unpaired) electrons. The SMILES string of the molecule is C[C@@H]1C(CN)C2CC2N1C(C)(C)C. The Morgan fingerprint density at radius 1 is 1.38 bits per heavy atom. The maximum atomic E-state index is 5.82. The van der Waals surface area contributed by atoms with Gasteiger partial charge in [-0.15, -0.1) is 0 Å². The summed E-state index contributed by atoms with van der Waals surface area (Å²) in [6.45, 7) is 10.2. The highest BCUT2D eigenvalue weighted by Crippen LogP contribution is 2.53. The van der Waals surface area contributed by atoms with Crippen LogP contribution in [0.3, 0.4) is 0 Å². The molecule has 2 aliphatic rings. The Morgan fingerprint density at radius 3 is 2.31 bits per heavy atom. The summed E-state index contributed by atoms with van der Waals surface area (Å²) in [7, 11) is 0. The Bertz CT molecular complexity index is 207. The monoisotopic (exact) mass is 182 g/mol. The lowest BCUT2D eigenvalue weighted by Gasteiger charge is -2.39. The van der Waals surface area contributed by atoms with Crippen LogP contribution in [0.1, 0.15) is 34.1 Å². The van der Waals surface area contributed by atoms with Crippen LogP contribution in [0.25, 0.3) is 0 Å². The van der Waals surface area contributed by atoms with Gasteiger partial charge in [0.05, 0.1) is 0 Å². The minimum Gasteiger partial charge on any atom is -0.330 e. The fraction of sp³-hybridized carbons (Fsp3) is 1.00. The molecule has 1 saturated heterocycles. The maximum absolute atomic E-state index is 5.82. The van der Waals surface area contributed by atoms with Crippen molar-refractivity contribution in [2.75, 3.05) is 6.54 Å². The van der Waals surface area contributed by atoms with E-state index in [2.05, 4.69) is 32.6 Å². The van der Waals surface area contributed by atoms with Crippen molar-refractivity contribution in [1.82, 2.24) is 4.90 Å². The van der Waals surface area contributed by atoms with E-state index in [1.54, 1.807) is 0 Å². The highest BCUT2D eigenvalue weighted by Gasteiger charge is 2.58. The molecule has 2 N–H and O–H groups in total. The molecule has 2 rings (SSSR count). The van der Waals surface area contributed by atoms with Gasteiger partial charge in [-0.05, 0) is 52.5 Å². The number of fused-ring (bicyclic) bond motifs is 1. The Kier molecular flexibility index (Phi) is 1.97. The molecular weight excluding hydrogens is 160 g/mol. The van der Waals surface area contributed by atoms with E-state index in [0.717, 1.165) is 24.4 Å². The van der Waals surface area contributed by atoms with E-state index in [-0.39, 0.29) is 0 Å². The third kappa shape index (κ3) is 1.31. The maximum Gasteiger partial charge on any atom is 0.0139 e. The molecule has 0 bridgehead atoms. The Hall–Kier alpha value is -0.0800. The molecular formula is C11H22N2. The average molecular weight is 182 g/mol. The van der Waals surface area contributed by atoms with E-state index in [1.807, 2.05) is 0 Å². The molecule has 1 saturated carbocycles. The van der Waals surface area contributed by atoms with Crippen molar-refractivity contribution >= 4 is 0 Å². The van der Waals surface area contributed by atoms with Gasteiger partial charge in [-0.2, -0.15) is 0 Å². The zero-order chi connectivity index (χ0) is 9.80. The first-order valence-corrected chi connectivity index (χ1v) is 5.45. The summed E-state index contributed by atoms with van der Waals surface area (Å²) in [6, 6.07) is 1.54. The quantitative estimate of drug-likeness (QED) is 0.665. The third-order valence-corrected chi connectivity index (χ3v) is 3.82. The number of hydrogen-bond donors (Lipinski definition) is 1. The fourth-order valence-corrected chi connectivity index (χ4v) is 3.33. The van der Waals surface area contributed by atoms with Gasteiger partial charge in [0.25, 0.3) is 0 Å². The van der Waals surface area contributed by atoms with Gasteiger partial charge in [0.2, 0.25) is 0 Å². The zero-order valence-corrected chi connectivity index (χ0v) is 9.25. The van der Waals surface area contributed by atoms with Gasteiger partial charge in [-0.25, -0.2) is 0 Å². The topological polar surface area (TPSA) is 29.3 Å². The predicted octanol–water partition coefficient (Wildman–Crippen LogP) is 1.45. The first-order chi connectivity index (χ1) is 5.96. The molecule has 3 unspecified atom stereocenters. The summed E-state index contributed by atoms with van der Waals surface area (Å²) < 4.78 is 0. The van der Waals surface area contributed by atoms with Gasteiger partial charge in [-0.1, -0.05) is 0 Å². The number of nitrogens with zero attached hydrogens (tertiary/aromatic N) is 1. The lowest BCUT2D eigenvalue weighted by Crippen LogP contribution is -2.48. The first-order valence-electron chi connectivity index (χ1n) is 5.45. The van der Waals surface area contributed by atoms with Crippen LogP contribution in [-0.2, 0) is 0 Å². The van der Waals surface area contributed by atoms with Crippen LogP contribution in [0, 0.1) is 11.8 Å². The average Bonchev–Trinajstić information content (AvgIpc) is 2.63. The van der Waals surface area contributed by atoms with Crippen molar-refractivity contribution in [1.29, 1.82) is 0 Å². The second-order valence-electron chi connectivity index (χ2n) is 5.69. The molecule has 76 valence electrons. The predicted molar refractivity (Wildman–Crippen MR) is 55.5 cm³/mol. The van der Waals surface area contributed by atoms with Crippen molar-refractivity contribution in [2.45, 2.75) is 51.7 Å². The highest BCUT2D eigenvalue weighted by atomic mass is 15.3. The molecule has 1 aliphatic heterocycles. The highest BCUT2D eigenvalue weighted by molar-refractivity contribution is 5.12. The number of likely N-dealkylation sites (tertiary alicyclic amines) is 1. The Balaban J connectivity index is 2.15. The van der Waals surface area contributed by atoms with Gasteiger partial charge < -0.3 is 5.73 Å². The molecule has 1 heterocycles. The van der Waals surface area contributed by atoms with E-state index in [9.17, 15) is 0 Å². The summed E-state index contributed by atoms with van der Waals surface area (Å²) in [5, 5.41) is 0. The third-order valence-electron chi connectivity index (χ3n) is 3.82. The van der Waals surface area contributed by atoms with Gasteiger partial charge in [0.1, 0.15) is 0 Å². The summed E-state index contributed by atoms with van der Waals surface area (Å²) >= 11 is 0. The first kappa shape index (κ1) is 9.47. The van der Waals surface area contributed by atoms with Crippen LogP contribution in [0.2, 0.25) is 0 Å². The molecule has 2 heteroatoms. The van der Waals surface area contributed by atoms with Crippen molar-refractivity contribution in [3.05, 3.63) is 0 Å². The summed E-state index contributed by atoms with van der Waals surface area (Å²) in [5.74, 6) is 1.67. The van der Waals surface area contributed by atoms with Crippen LogP contribution < -0.4 is 5.73 Å². The summed E-state index contributed by atoms with van der Waals surface area (Å²) in [5.41, 5.74) is 6.14. The van der Waals surface area contributed by atoms with E-state index < -0.39 is 0 Å². The van der Waals surface area contributed by atoms with Crippen molar-refractivity contribution < 1.29 is 0 Å². The second kappa shape index (κ2) is 2.71. The molecule has 1 aliphatic carbocycles. The normalized spacial score (nSPS) is 45.0. The van der Waals surface area contributed by atoms with Crippen LogP contribution in [-0.4, -0.2) is 29.1 Å². The molecule has 0 aromatic rings. The molecule has 4 atom stereocenters. The van der Waals surface area contributed by atoms with E-state index >= 15 is 0 Å². The van der Waals surface area contributed by atoms with Gasteiger partial charge in [0, 0.05) is 17.6 Å². The Labute approximate surface area is 81.5 Å². The fourth-order valence-electron chi connectivity index (χ4n) is 3.33. The van der Waals surface area contributed by atoms with Crippen molar-refractivity contribution in [3.8, 4) is 0 Å². The number of nitrogens with two attached hydrogens (primary N) is 1. The van der Waals surface area contributed by atoms with Crippen LogP contribution in [0.5, 0.6) is 0 Å². The van der Waals surface area contributed by atoms with Crippen LogP contribution in [0.4, 0.5) is 0 Å². The minimum atomic E-state index is 0.322. The van der Waals surface area contributed by atoms with E-state index in [1.165, 1.54) is 6.42 Å². The molecule has 0 aromatic carbocycles. The number of rotatable bonds is 1. The lowest BCUT2D eigenvalue weighted by atomic mass is 9.95. The lowest BCUT2D eigenvalue weighted by molar-refractivity contribution is 0.0888. The minimum absolute atomic E-state index is 0.322. The van der Waals surface area contributed by atoms with Gasteiger partial charge >= 0.3 is 0 Å². The zero-order valence-electron chi connectivity index (χ0n) is 9.25. The van der Waals surface area contributed by atoms with E-state index in [0.29, 0.717) is 11.6 Å². The summed E-state index contributed by atoms with van der Waals surface area (Å²) in [4.78, 5) is 2.68. The van der Waals surface area contributed by atoms with Crippen molar-refractivity contribution in [2.24, 2.45) is 17.6 Å². The molecule has 2 fully saturated rings. The molecule has 2 nitrogen and oxygen atoms in total. The number of piperidine rings is 1. The standard InChI is InChI=1S/C11H22N2/c1-7-9(6-12)8-5-10(8)13(7)11(2,3)4/h7-10H,5-6,12H2,1-4H3/t7-,8?,9?,10?/m1/s1. The van der Waals surface area contributed by atoms with Gasteiger partial charge in [-0.3, -0.25) is 4.90 Å².